The van der Waals surface area contributed by atoms with E-state index in [4.69, 9.17) is 0 Å². The van der Waals surface area contributed by atoms with Gasteiger partial charge in [-0.15, -0.1) is 0 Å². The Morgan fingerprint density at radius 1 is 0.950 bits per heavy atom. The van der Waals surface area contributed by atoms with E-state index in [0.717, 1.165) is 40.1 Å². The molecular formula is C31H38FN3O4S. The lowest BCUT2D eigenvalue weighted by atomic mass is 10.0. The van der Waals surface area contributed by atoms with Crippen LogP contribution in [0.2, 0.25) is 0 Å². The fourth-order valence-corrected chi connectivity index (χ4v) is 5.21. The van der Waals surface area contributed by atoms with E-state index >= 15 is 0 Å². The molecule has 0 unspecified atom stereocenters. The van der Waals surface area contributed by atoms with E-state index in [1.54, 1.807) is 36.4 Å². The second-order valence-electron chi connectivity index (χ2n) is 10.0. The SMILES string of the molecule is CCCCNC(=O)[C@@H](Cc1ccccc1)N(Cc1ccccc1F)C(=O)CN(c1ccc(C)c(C)c1)S(C)(=O)=O. The second-order valence-corrected chi connectivity index (χ2v) is 11.9. The van der Waals surface area contributed by atoms with Crippen LogP contribution in [0, 0.1) is 19.7 Å². The zero-order chi connectivity index (χ0) is 29.3. The van der Waals surface area contributed by atoms with Crippen LogP contribution in [0.3, 0.4) is 0 Å². The summed E-state index contributed by atoms with van der Waals surface area (Å²) in [5, 5.41) is 2.91. The maximum Gasteiger partial charge on any atom is 0.244 e. The Kier molecular flexibility index (Phi) is 10.8. The van der Waals surface area contributed by atoms with Gasteiger partial charge in [-0.3, -0.25) is 13.9 Å². The molecule has 0 aliphatic rings. The Morgan fingerprint density at radius 2 is 1.62 bits per heavy atom. The smallest absolute Gasteiger partial charge is 0.244 e. The van der Waals surface area contributed by atoms with Crippen LogP contribution in [0.5, 0.6) is 0 Å². The summed E-state index contributed by atoms with van der Waals surface area (Å²) in [4.78, 5) is 28.9. The number of nitrogens with zero attached hydrogens (tertiary/aromatic N) is 2. The van der Waals surface area contributed by atoms with Crippen molar-refractivity contribution >= 4 is 27.5 Å². The number of halogens is 1. The number of sulfonamides is 1. The molecule has 0 spiro atoms. The minimum absolute atomic E-state index is 0.182. The van der Waals surface area contributed by atoms with Gasteiger partial charge in [0.15, 0.2) is 0 Å². The van der Waals surface area contributed by atoms with E-state index in [2.05, 4.69) is 5.32 Å². The Morgan fingerprint density at radius 3 is 2.25 bits per heavy atom. The van der Waals surface area contributed by atoms with Gasteiger partial charge < -0.3 is 10.2 Å². The molecule has 0 saturated carbocycles. The minimum atomic E-state index is -3.87. The molecule has 3 aromatic carbocycles. The van der Waals surface area contributed by atoms with Crippen molar-refractivity contribution in [1.82, 2.24) is 10.2 Å². The number of nitrogens with one attached hydrogen (secondary N) is 1. The summed E-state index contributed by atoms with van der Waals surface area (Å²) in [6.45, 7) is 5.48. The Labute approximate surface area is 237 Å². The monoisotopic (exact) mass is 567 g/mol. The summed E-state index contributed by atoms with van der Waals surface area (Å²) < 4.78 is 41.6. The summed E-state index contributed by atoms with van der Waals surface area (Å²) in [6.07, 6.45) is 2.86. The predicted octanol–water partition coefficient (Wildman–Crippen LogP) is 4.76. The molecule has 40 heavy (non-hydrogen) atoms. The van der Waals surface area contributed by atoms with Crippen molar-refractivity contribution in [3.63, 3.8) is 0 Å². The second kappa shape index (κ2) is 14.1. The first-order valence-electron chi connectivity index (χ1n) is 13.4. The molecule has 3 rings (SSSR count). The maximum atomic E-state index is 14.8. The van der Waals surface area contributed by atoms with Gasteiger partial charge in [0.05, 0.1) is 11.9 Å². The number of hydrogen-bond donors (Lipinski definition) is 1. The number of aryl methyl sites for hydroxylation is 2. The van der Waals surface area contributed by atoms with Crippen molar-refractivity contribution in [1.29, 1.82) is 0 Å². The molecule has 0 bridgehead atoms. The number of amides is 2. The van der Waals surface area contributed by atoms with Crippen LogP contribution >= 0.6 is 0 Å². The number of unbranched alkanes of at least 4 members (excludes halogenated alkanes) is 1. The predicted molar refractivity (Wildman–Crippen MR) is 157 cm³/mol. The largest absolute Gasteiger partial charge is 0.354 e. The molecule has 214 valence electrons. The minimum Gasteiger partial charge on any atom is -0.354 e. The molecular weight excluding hydrogens is 529 g/mol. The van der Waals surface area contributed by atoms with E-state index in [1.807, 2.05) is 51.1 Å². The summed E-state index contributed by atoms with van der Waals surface area (Å²) in [6, 6.07) is 19.5. The van der Waals surface area contributed by atoms with Gasteiger partial charge in [-0.25, -0.2) is 12.8 Å². The highest BCUT2D eigenvalue weighted by atomic mass is 32.2. The average Bonchev–Trinajstić information content (AvgIpc) is 2.91. The Bertz CT molecular complexity index is 1410. The number of anilines is 1. The molecule has 0 fully saturated rings. The van der Waals surface area contributed by atoms with Crippen LogP contribution in [-0.2, 0) is 32.6 Å². The van der Waals surface area contributed by atoms with Crippen molar-refractivity contribution < 1.29 is 22.4 Å². The zero-order valence-corrected chi connectivity index (χ0v) is 24.4. The lowest BCUT2D eigenvalue weighted by Gasteiger charge is -2.33. The van der Waals surface area contributed by atoms with E-state index < -0.39 is 34.3 Å². The van der Waals surface area contributed by atoms with Crippen LogP contribution < -0.4 is 9.62 Å². The molecule has 1 atom stereocenters. The molecule has 0 heterocycles. The summed E-state index contributed by atoms with van der Waals surface area (Å²) in [7, 11) is -3.87. The first kappa shape index (κ1) is 30.8. The zero-order valence-electron chi connectivity index (χ0n) is 23.6. The molecule has 0 aliphatic carbocycles. The van der Waals surface area contributed by atoms with Gasteiger partial charge >= 0.3 is 0 Å². The van der Waals surface area contributed by atoms with Crippen molar-refractivity contribution in [2.75, 3.05) is 23.7 Å². The van der Waals surface area contributed by atoms with Gasteiger partial charge in [-0.05, 0) is 55.2 Å². The number of carbonyl (C=O) groups is 2. The fourth-order valence-electron chi connectivity index (χ4n) is 4.36. The van der Waals surface area contributed by atoms with Crippen LogP contribution in [0.25, 0.3) is 0 Å². The summed E-state index contributed by atoms with van der Waals surface area (Å²) in [5.74, 6) is -1.50. The van der Waals surface area contributed by atoms with Crippen LogP contribution in [0.1, 0.15) is 42.0 Å². The third-order valence-electron chi connectivity index (χ3n) is 6.86. The standard InChI is InChI=1S/C31H38FN3O4S/c1-5-6-18-33-31(37)29(20-25-12-8-7-9-13-25)34(21-26-14-10-11-15-28(26)32)30(36)22-35(40(4,38)39)27-17-16-23(2)24(3)19-27/h7-17,19,29H,5-6,18,20-22H2,1-4H3,(H,33,37)/t29-/m1/s1. The van der Waals surface area contributed by atoms with E-state index in [0.29, 0.717) is 12.2 Å². The van der Waals surface area contributed by atoms with Crippen molar-refractivity contribution in [3.8, 4) is 0 Å². The molecule has 1 N–H and O–H groups in total. The van der Waals surface area contributed by atoms with Crippen molar-refractivity contribution in [2.45, 2.75) is 52.6 Å². The Hall–Kier alpha value is -3.72. The van der Waals surface area contributed by atoms with Gasteiger partial charge in [-0.2, -0.15) is 0 Å². The molecule has 0 aliphatic heterocycles. The third-order valence-corrected chi connectivity index (χ3v) is 8.00. The van der Waals surface area contributed by atoms with Crippen molar-refractivity contribution in [3.05, 3.63) is 101 Å². The van der Waals surface area contributed by atoms with E-state index in [-0.39, 0.29) is 24.4 Å². The highest BCUT2D eigenvalue weighted by Crippen LogP contribution is 2.23. The van der Waals surface area contributed by atoms with Crippen LogP contribution in [-0.4, -0.2) is 50.5 Å². The first-order chi connectivity index (χ1) is 19.0. The average molecular weight is 568 g/mol. The normalized spacial score (nSPS) is 12.0. The van der Waals surface area contributed by atoms with Gasteiger partial charge in [0.2, 0.25) is 21.8 Å². The number of carbonyl (C=O) groups excluding carboxylic acids is 2. The third kappa shape index (κ3) is 8.39. The highest BCUT2D eigenvalue weighted by molar-refractivity contribution is 7.92. The molecule has 0 saturated heterocycles. The van der Waals surface area contributed by atoms with Crippen LogP contribution in [0.15, 0.2) is 72.8 Å². The van der Waals surface area contributed by atoms with Crippen LogP contribution in [0.4, 0.5) is 10.1 Å². The number of benzene rings is 3. The first-order valence-corrected chi connectivity index (χ1v) is 15.3. The molecule has 0 radical (unpaired) electrons. The molecule has 3 aromatic rings. The van der Waals surface area contributed by atoms with Gasteiger partial charge in [0.1, 0.15) is 18.4 Å². The van der Waals surface area contributed by atoms with Crippen molar-refractivity contribution in [2.24, 2.45) is 0 Å². The quantitative estimate of drug-likeness (QED) is 0.302. The number of rotatable bonds is 13. The van der Waals surface area contributed by atoms with Gasteiger partial charge in [0, 0.05) is 25.1 Å². The fraction of sp³-hybridized carbons (Fsp3) is 0.355. The summed E-state index contributed by atoms with van der Waals surface area (Å²) in [5.41, 5.74) is 3.25. The topological polar surface area (TPSA) is 86.8 Å². The molecule has 7 nitrogen and oxygen atoms in total. The lowest BCUT2D eigenvalue weighted by molar-refractivity contribution is -0.140. The maximum absolute atomic E-state index is 14.8. The molecule has 0 aromatic heterocycles. The summed E-state index contributed by atoms with van der Waals surface area (Å²) >= 11 is 0. The van der Waals surface area contributed by atoms with E-state index in [9.17, 15) is 22.4 Å². The van der Waals surface area contributed by atoms with Gasteiger partial charge in [-0.1, -0.05) is 67.9 Å². The van der Waals surface area contributed by atoms with Gasteiger partial charge in [0.25, 0.3) is 0 Å². The molecule has 9 heteroatoms. The van der Waals surface area contributed by atoms with E-state index in [1.165, 1.54) is 11.0 Å². The highest BCUT2D eigenvalue weighted by Gasteiger charge is 2.33. The number of hydrogen-bond acceptors (Lipinski definition) is 4. The lowest BCUT2D eigenvalue weighted by Crippen LogP contribution is -2.53. The Balaban J connectivity index is 2.05. The molecule has 2 amide bonds.